The topological polar surface area (TPSA) is 54.2 Å². The number of rotatable bonds is 10. The minimum absolute atomic E-state index is 0.523. The fourth-order valence-electron chi connectivity index (χ4n) is 19.8. The van der Waals surface area contributed by atoms with E-state index in [0.29, 0.717) is 12.1 Å². The van der Waals surface area contributed by atoms with Crippen LogP contribution < -0.4 is 18.3 Å². The van der Waals surface area contributed by atoms with Crippen molar-refractivity contribution in [3.63, 3.8) is 0 Å². The Balaban J connectivity index is 0.000000131. The summed E-state index contributed by atoms with van der Waals surface area (Å²) in [6, 6.07) is 70.9. The SMILES string of the molecule is Cc1ccc(-c2cccnc2)cc1-c1c2ccc(C3CC[Si](C)(C)CC3)cc2cc(C)[n+]1C.Cc1cccnc1-c1c2ccc(C3CC[Si](C)(C)CC3)cc2cc(C)[n+]1C.Cc1cnccc1-c1c2ccc(C3CC[Si](C)(C)CC3)cc2cc(C)[n+]1C.[2H]c1cc2cc(C3CC[Si](C)(C)CC3)ccc2c(-c2cc(C([2H])(C)C)cc(C)c2C)[n+]1C. The van der Waals surface area contributed by atoms with Crippen LogP contribution in [0.1, 0.15) is 170 Å². The zero-order chi connectivity index (χ0) is 84.9. The van der Waals surface area contributed by atoms with Crippen molar-refractivity contribution in [1.82, 2.24) is 15.0 Å². The van der Waals surface area contributed by atoms with E-state index < -0.39 is 38.2 Å². The molecule has 4 saturated heterocycles. The highest BCUT2D eigenvalue weighted by Crippen LogP contribution is 2.46. The van der Waals surface area contributed by atoms with Gasteiger partial charge in [0.1, 0.15) is 35.3 Å². The fourth-order valence-corrected chi connectivity index (χ4v) is 29.8. The third-order valence-electron chi connectivity index (χ3n) is 28.5. The van der Waals surface area contributed by atoms with Gasteiger partial charge in [0.05, 0.1) is 38.2 Å². The van der Waals surface area contributed by atoms with Crippen LogP contribution in [-0.4, -0.2) is 47.2 Å². The van der Waals surface area contributed by atoms with Crippen LogP contribution in [0, 0.1) is 55.4 Å². The summed E-state index contributed by atoms with van der Waals surface area (Å²) in [7, 11) is 4.80. The van der Waals surface area contributed by atoms with Crippen LogP contribution in [-0.2, 0) is 28.2 Å². The number of hydrogen-bond donors (Lipinski definition) is 0. The van der Waals surface area contributed by atoms with E-state index in [0.717, 1.165) is 51.2 Å². The third kappa shape index (κ3) is 18.8. The van der Waals surface area contributed by atoms with Crippen LogP contribution in [0.5, 0.6) is 0 Å². The van der Waals surface area contributed by atoms with Gasteiger partial charge in [-0.05, 0) is 253 Å². The van der Waals surface area contributed by atoms with Gasteiger partial charge in [0, 0.05) is 115 Å². The lowest BCUT2D eigenvalue weighted by Crippen LogP contribution is -2.35. The second-order valence-corrected chi connectivity index (χ2v) is 60.8. The first-order valence-electron chi connectivity index (χ1n) is 45.1. The number of aryl methyl sites for hydroxylation is 7. The smallest absolute Gasteiger partial charge is 0.239 e. The first kappa shape index (κ1) is 82.0. The maximum atomic E-state index is 8.69. The largest absolute Gasteiger partial charge is 0.264 e. The standard InChI is InChI=1S/C30H35N2Si.C28H38NSi.2C24H31N2Si/c1-21-8-9-25(26-7-6-14-31-20-26)19-29(21)30-28-11-10-24(18-27(28)17-22(2)32(30)3)23-12-15-33(4,5)16-13-23;1-19(2)25-16-20(3)21(4)27(18-25)28-26-9-8-23(17-24(26)10-13-29(28)5)22-11-14-30(6,7)15-12-22;1-17-16-25-11-8-22(17)24-23-7-6-20(15-21(23)14-18(2)26(24)3)19-9-12-27(4,5)13-10-19;1-17-7-6-12-25-23(17)24-22-9-8-20(16-21(22)15-18(2)26(24)3)19-10-13-27(4,5)14-11-19/h6-11,14,17-20,23H,12-13,15-16H2,1-5H3;8-10,13,16-19,22H,11-12,14-15H2,1-7H3;6-8,11,14-16,19H,9-10,12-13H2,1-5H3;6-9,12,15-16,19H,10-11,13-14H2,1-5H3/q4*+1/i;13D,19D;;. The monoisotopic (exact) mass is 1620 g/mol. The molecule has 0 amide bonds. The van der Waals surface area contributed by atoms with Crippen molar-refractivity contribution in [2.75, 3.05) is 0 Å². The second kappa shape index (κ2) is 34.9. The Labute approximate surface area is 709 Å². The maximum Gasteiger partial charge on any atom is 0.239 e. The van der Waals surface area contributed by atoms with Gasteiger partial charge in [0.2, 0.25) is 22.8 Å². The van der Waals surface area contributed by atoms with Crippen molar-refractivity contribution in [3.05, 3.63) is 268 Å². The van der Waals surface area contributed by atoms with Crippen molar-refractivity contribution in [2.24, 2.45) is 28.2 Å². The quantitative estimate of drug-likeness (QED) is 0.101. The molecule has 13 aromatic rings. The maximum absolute atomic E-state index is 8.69. The highest BCUT2D eigenvalue weighted by atomic mass is 28.3. The number of benzene rings is 6. The predicted molar refractivity (Wildman–Crippen MR) is 509 cm³/mol. The van der Waals surface area contributed by atoms with Crippen LogP contribution in [0.15, 0.2) is 195 Å². The van der Waals surface area contributed by atoms with Crippen LogP contribution in [0.4, 0.5) is 0 Å². The number of pyridine rings is 7. The lowest BCUT2D eigenvalue weighted by Gasteiger charge is -2.33. The summed E-state index contributed by atoms with van der Waals surface area (Å²) in [4.78, 5) is 13.3. The van der Waals surface area contributed by atoms with Crippen LogP contribution in [0.25, 0.3) is 99.4 Å². The molecular weight excluding hydrogens is 1480 g/mol. The Hall–Kier alpha value is -8.72. The van der Waals surface area contributed by atoms with Crippen molar-refractivity contribution >= 4 is 75.4 Å². The zero-order valence-corrected chi connectivity index (χ0v) is 79.2. The summed E-state index contributed by atoms with van der Waals surface area (Å²) in [5.41, 5.74) is 29.2. The molecule has 6 aromatic carbocycles. The van der Waals surface area contributed by atoms with Gasteiger partial charge in [-0.3, -0.25) is 9.97 Å². The van der Waals surface area contributed by atoms with Gasteiger partial charge in [-0.2, -0.15) is 13.7 Å². The lowest BCUT2D eigenvalue weighted by molar-refractivity contribution is -0.665. The van der Waals surface area contributed by atoms with Gasteiger partial charge in [-0.15, -0.1) is 0 Å². The highest BCUT2D eigenvalue weighted by molar-refractivity contribution is 6.78. The van der Waals surface area contributed by atoms with Gasteiger partial charge in [-0.1, -0.05) is 193 Å². The van der Waals surface area contributed by atoms with Crippen molar-refractivity contribution in [1.29, 1.82) is 0 Å². The van der Waals surface area contributed by atoms with E-state index in [4.69, 9.17) is 7.73 Å². The molecule has 606 valence electrons. The van der Waals surface area contributed by atoms with Gasteiger partial charge in [0.25, 0.3) is 0 Å². The van der Waals surface area contributed by atoms with E-state index in [1.807, 2.05) is 74.6 Å². The molecule has 0 atom stereocenters. The molecular formula is C106H135N7Si4+4. The number of nitrogens with zero attached hydrogens (tertiary/aromatic N) is 7. The average Bonchev–Trinajstić information content (AvgIpc) is 0.735. The molecule has 0 aliphatic carbocycles. The minimum atomic E-state index is -0.970. The van der Waals surface area contributed by atoms with E-state index >= 15 is 0 Å². The Bertz CT molecular complexity index is 5780. The fraction of sp³-hybridized carbons (Fsp3) is 0.406. The molecule has 17 rings (SSSR count). The third-order valence-corrected chi connectivity index (χ3v) is 41.6. The van der Waals surface area contributed by atoms with Crippen molar-refractivity contribution in [3.8, 4) is 56.3 Å². The molecule has 0 radical (unpaired) electrons. The van der Waals surface area contributed by atoms with Crippen LogP contribution >= 0.6 is 0 Å². The van der Waals surface area contributed by atoms with E-state index in [-0.39, 0.29) is 0 Å². The highest BCUT2D eigenvalue weighted by Gasteiger charge is 2.35. The molecule has 7 aromatic heterocycles. The van der Waals surface area contributed by atoms with E-state index in [9.17, 15) is 0 Å². The molecule has 4 aliphatic rings. The lowest BCUT2D eigenvalue weighted by atomic mass is 9.89. The zero-order valence-electron chi connectivity index (χ0n) is 77.2. The molecule has 7 nitrogen and oxygen atoms in total. The Morgan fingerprint density at radius 3 is 1.21 bits per heavy atom. The van der Waals surface area contributed by atoms with Gasteiger partial charge < -0.3 is 0 Å². The molecule has 117 heavy (non-hydrogen) atoms. The second-order valence-electron chi connectivity index (χ2n) is 39.5. The van der Waals surface area contributed by atoms with Gasteiger partial charge >= 0.3 is 0 Å². The molecule has 0 spiro atoms. The summed E-state index contributed by atoms with van der Waals surface area (Å²) < 4.78 is 26.2. The molecule has 0 N–H and O–H groups in total. The summed E-state index contributed by atoms with van der Waals surface area (Å²) in [6.07, 6.45) is 20.9. The first-order valence-corrected chi connectivity index (χ1v) is 57.8. The Kier molecular flexibility index (Phi) is 24.5. The van der Waals surface area contributed by atoms with E-state index in [1.54, 1.807) is 0 Å². The Morgan fingerprint density at radius 1 is 0.359 bits per heavy atom. The van der Waals surface area contributed by atoms with Gasteiger partial charge in [-0.25, -0.2) is 9.55 Å². The predicted octanol–water partition coefficient (Wildman–Crippen LogP) is 27.1. The molecule has 11 heterocycles. The molecule has 11 heteroatoms. The number of hydrogen-bond acceptors (Lipinski definition) is 3. The molecule has 4 aliphatic heterocycles. The summed E-state index contributed by atoms with van der Waals surface area (Å²) in [6.45, 7) is 41.7. The normalized spacial score (nSPS) is 17.3. The molecule has 0 bridgehead atoms. The van der Waals surface area contributed by atoms with Crippen LogP contribution in [0.3, 0.4) is 0 Å². The molecule has 0 unspecified atom stereocenters. The summed E-state index contributed by atoms with van der Waals surface area (Å²) >= 11 is 0. The van der Waals surface area contributed by atoms with E-state index in [2.05, 4.69) is 292 Å². The average molecular weight is 1620 g/mol. The Morgan fingerprint density at radius 2 is 0.778 bits per heavy atom. The van der Waals surface area contributed by atoms with Crippen LogP contribution in [0.2, 0.25) is 101 Å². The van der Waals surface area contributed by atoms with Crippen molar-refractivity contribution < 1.29 is 21.0 Å². The van der Waals surface area contributed by atoms with Gasteiger partial charge in [0.15, 0.2) is 23.3 Å². The minimum Gasteiger partial charge on any atom is -0.264 e. The van der Waals surface area contributed by atoms with Crippen molar-refractivity contribution in [2.45, 2.75) is 251 Å². The molecule has 0 saturated carbocycles. The summed E-state index contributed by atoms with van der Waals surface area (Å²) in [5.74, 6) is 2.21. The molecule has 4 fully saturated rings. The first-order chi connectivity index (χ1) is 56.4. The number of aromatic nitrogens is 7. The van der Waals surface area contributed by atoms with E-state index in [1.165, 1.54) is 238 Å². The summed E-state index contributed by atoms with van der Waals surface area (Å²) in [5, 5.41) is 10.4. The number of fused-ring (bicyclic) bond motifs is 4.